The molecule has 0 fully saturated rings. The third-order valence-electron chi connectivity index (χ3n) is 2.95. The van der Waals surface area contributed by atoms with E-state index < -0.39 is 11.7 Å². The van der Waals surface area contributed by atoms with Gasteiger partial charge in [0.15, 0.2) is 0 Å². The normalized spacial score (nSPS) is 13.9. The van der Waals surface area contributed by atoms with Crippen molar-refractivity contribution in [1.82, 2.24) is 5.32 Å². The smallest absolute Gasteiger partial charge is 0.299 e. The summed E-state index contributed by atoms with van der Waals surface area (Å²) in [5.74, 6) is -1.18. The van der Waals surface area contributed by atoms with Crippen LogP contribution < -0.4 is 10.2 Å². The summed E-state index contributed by atoms with van der Waals surface area (Å²) in [6.07, 6.45) is 0. The maximum absolute atomic E-state index is 12.0. The van der Waals surface area contributed by atoms with Crippen molar-refractivity contribution in [2.45, 2.75) is 13.8 Å². The number of rotatable bonds is 4. The molecule has 0 saturated heterocycles. The zero-order valence-corrected chi connectivity index (χ0v) is 12.9. The van der Waals surface area contributed by atoms with Crippen LogP contribution in [0.5, 0.6) is 0 Å². The lowest BCUT2D eigenvalue weighted by atomic mass is 10.1. The average molecular weight is 339 g/mol. The summed E-state index contributed by atoms with van der Waals surface area (Å²) >= 11 is 3.32. The number of benzene rings is 1. The molecule has 20 heavy (non-hydrogen) atoms. The fourth-order valence-electron chi connectivity index (χ4n) is 1.98. The van der Waals surface area contributed by atoms with Crippen LogP contribution in [0.3, 0.4) is 0 Å². The monoisotopic (exact) mass is 338 g/mol. The number of hydrogen-bond acceptors (Lipinski definition) is 3. The zero-order chi connectivity index (χ0) is 14.9. The molecule has 2 rings (SSSR count). The van der Waals surface area contributed by atoms with Gasteiger partial charge in [-0.25, -0.2) is 0 Å². The maximum Gasteiger partial charge on any atom is 0.299 e. The standard InChI is InChI=1S/C14H15BrN2O3/c1-8(2)6-16-11(18)7-17-12-9(13(19)14(17)20)4-3-5-10(12)15/h3-5,8H,6-7H2,1-2H3,(H,16,18). The number of fused-ring (bicyclic) bond motifs is 1. The van der Waals surface area contributed by atoms with Crippen LogP contribution in [-0.4, -0.2) is 30.7 Å². The number of hydrogen-bond donors (Lipinski definition) is 1. The Labute approximate surface area is 125 Å². The van der Waals surface area contributed by atoms with Crippen LogP contribution >= 0.6 is 15.9 Å². The SMILES string of the molecule is CC(C)CNC(=O)CN1C(=O)C(=O)c2cccc(Br)c21. The largest absolute Gasteiger partial charge is 0.354 e. The van der Waals surface area contributed by atoms with E-state index in [-0.39, 0.29) is 12.5 Å². The van der Waals surface area contributed by atoms with Gasteiger partial charge in [0, 0.05) is 11.0 Å². The van der Waals surface area contributed by atoms with E-state index in [1.165, 1.54) is 4.90 Å². The van der Waals surface area contributed by atoms with Gasteiger partial charge in [-0.15, -0.1) is 0 Å². The minimum Gasteiger partial charge on any atom is -0.354 e. The van der Waals surface area contributed by atoms with Gasteiger partial charge in [0.25, 0.3) is 11.7 Å². The van der Waals surface area contributed by atoms with Gasteiger partial charge in [0.1, 0.15) is 6.54 Å². The Morgan fingerprint density at radius 1 is 1.35 bits per heavy atom. The first-order chi connectivity index (χ1) is 9.41. The fraction of sp³-hybridized carbons (Fsp3) is 0.357. The van der Waals surface area contributed by atoms with Crippen LogP contribution in [0.15, 0.2) is 22.7 Å². The number of anilines is 1. The van der Waals surface area contributed by atoms with Crippen LogP contribution in [0.25, 0.3) is 0 Å². The van der Waals surface area contributed by atoms with E-state index in [9.17, 15) is 14.4 Å². The number of amides is 2. The van der Waals surface area contributed by atoms with Crippen molar-refractivity contribution in [2.24, 2.45) is 5.92 Å². The second kappa shape index (κ2) is 5.75. The topological polar surface area (TPSA) is 66.5 Å². The molecule has 1 aromatic carbocycles. The summed E-state index contributed by atoms with van der Waals surface area (Å²) in [5.41, 5.74) is 0.809. The fourth-order valence-corrected chi connectivity index (χ4v) is 2.56. The molecule has 0 aromatic heterocycles. The van der Waals surface area contributed by atoms with Gasteiger partial charge in [-0.2, -0.15) is 0 Å². The van der Waals surface area contributed by atoms with Crippen molar-refractivity contribution in [1.29, 1.82) is 0 Å². The highest BCUT2D eigenvalue weighted by molar-refractivity contribution is 9.10. The number of carbonyl (C=O) groups excluding carboxylic acids is 3. The highest BCUT2D eigenvalue weighted by Crippen LogP contribution is 2.35. The summed E-state index contributed by atoms with van der Waals surface area (Å²) in [6, 6.07) is 5.02. The number of nitrogens with zero attached hydrogens (tertiary/aromatic N) is 1. The van der Waals surface area contributed by atoms with Gasteiger partial charge in [-0.1, -0.05) is 19.9 Å². The summed E-state index contributed by atoms with van der Waals surface area (Å²) in [6.45, 7) is 4.36. The Morgan fingerprint density at radius 3 is 2.70 bits per heavy atom. The molecule has 0 bridgehead atoms. The van der Waals surface area contributed by atoms with Crippen molar-refractivity contribution in [3.8, 4) is 0 Å². The highest BCUT2D eigenvalue weighted by atomic mass is 79.9. The molecule has 2 amide bonds. The lowest BCUT2D eigenvalue weighted by Gasteiger charge is -2.17. The predicted octanol–water partition coefficient (Wildman–Crippen LogP) is 1.75. The van der Waals surface area contributed by atoms with Gasteiger partial charge in [0.2, 0.25) is 5.91 Å². The average Bonchev–Trinajstić information content (AvgIpc) is 2.63. The molecule has 1 N–H and O–H groups in total. The highest BCUT2D eigenvalue weighted by Gasteiger charge is 2.38. The van der Waals surface area contributed by atoms with E-state index >= 15 is 0 Å². The first-order valence-electron chi connectivity index (χ1n) is 6.33. The first kappa shape index (κ1) is 14.7. The molecular weight excluding hydrogens is 324 g/mol. The molecule has 0 unspecified atom stereocenters. The Hall–Kier alpha value is -1.69. The van der Waals surface area contributed by atoms with Crippen LogP contribution in [0.1, 0.15) is 24.2 Å². The molecule has 6 heteroatoms. The molecule has 5 nitrogen and oxygen atoms in total. The maximum atomic E-state index is 12.0. The molecule has 0 radical (unpaired) electrons. The molecule has 0 atom stereocenters. The molecule has 1 heterocycles. The van der Waals surface area contributed by atoms with E-state index in [1.807, 2.05) is 13.8 Å². The lowest BCUT2D eigenvalue weighted by molar-refractivity contribution is -0.122. The third kappa shape index (κ3) is 2.75. The van der Waals surface area contributed by atoms with Gasteiger partial charge < -0.3 is 5.32 Å². The van der Waals surface area contributed by atoms with Crippen molar-refractivity contribution in [2.75, 3.05) is 18.0 Å². The summed E-state index contributed by atoms with van der Waals surface area (Å²) < 4.78 is 0.630. The minimum atomic E-state index is -0.661. The Bertz CT molecular complexity index is 584. The number of ketones is 1. The lowest BCUT2D eigenvalue weighted by Crippen LogP contribution is -2.41. The summed E-state index contributed by atoms with van der Waals surface area (Å²) in [5, 5.41) is 2.74. The van der Waals surface area contributed by atoms with Crippen molar-refractivity contribution in [3.63, 3.8) is 0 Å². The van der Waals surface area contributed by atoms with Gasteiger partial charge in [-0.3, -0.25) is 19.3 Å². The van der Waals surface area contributed by atoms with E-state index in [4.69, 9.17) is 0 Å². The molecule has 0 saturated carbocycles. The van der Waals surface area contributed by atoms with E-state index in [0.717, 1.165) is 0 Å². The quantitative estimate of drug-likeness (QED) is 0.850. The van der Waals surface area contributed by atoms with Crippen LogP contribution in [0, 0.1) is 5.92 Å². The second-order valence-corrected chi connectivity index (χ2v) is 5.91. The molecule has 1 aliphatic heterocycles. The Morgan fingerprint density at radius 2 is 2.05 bits per heavy atom. The molecule has 0 aliphatic carbocycles. The van der Waals surface area contributed by atoms with Gasteiger partial charge in [-0.05, 0) is 34.0 Å². The van der Waals surface area contributed by atoms with Crippen molar-refractivity contribution in [3.05, 3.63) is 28.2 Å². The molecule has 0 spiro atoms. The predicted molar refractivity (Wildman–Crippen MR) is 78.7 cm³/mol. The number of carbonyl (C=O) groups is 3. The van der Waals surface area contributed by atoms with E-state index in [0.29, 0.717) is 28.2 Å². The van der Waals surface area contributed by atoms with Crippen LogP contribution in [-0.2, 0) is 9.59 Å². The zero-order valence-electron chi connectivity index (χ0n) is 11.3. The Balaban J connectivity index is 2.20. The molecule has 1 aromatic rings. The first-order valence-corrected chi connectivity index (χ1v) is 7.12. The van der Waals surface area contributed by atoms with Crippen molar-refractivity contribution >= 4 is 39.2 Å². The molecule has 106 valence electrons. The van der Waals surface area contributed by atoms with Crippen LogP contribution in [0.2, 0.25) is 0 Å². The van der Waals surface area contributed by atoms with E-state index in [2.05, 4.69) is 21.2 Å². The van der Waals surface area contributed by atoms with Crippen molar-refractivity contribution < 1.29 is 14.4 Å². The number of para-hydroxylation sites is 1. The molecule has 1 aliphatic rings. The second-order valence-electron chi connectivity index (χ2n) is 5.05. The third-order valence-corrected chi connectivity index (χ3v) is 3.59. The number of halogens is 1. The number of Topliss-reactive ketones (excluding diaryl/α,β-unsaturated/α-hetero) is 1. The van der Waals surface area contributed by atoms with Gasteiger partial charge >= 0.3 is 0 Å². The molecular formula is C14H15BrN2O3. The summed E-state index contributed by atoms with van der Waals surface area (Å²) in [7, 11) is 0. The van der Waals surface area contributed by atoms with E-state index in [1.54, 1.807) is 18.2 Å². The Kier molecular flexibility index (Phi) is 4.23. The number of nitrogens with one attached hydrogen (secondary N) is 1. The summed E-state index contributed by atoms with van der Waals surface area (Å²) in [4.78, 5) is 36.9. The van der Waals surface area contributed by atoms with Crippen LogP contribution in [0.4, 0.5) is 5.69 Å². The minimum absolute atomic E-state index is 0.146. The van der Waals surface area contributed by atoms with Gasteiger partial charge in [0.05, 0.1) is 11.3 Å².